The molecule has 176 valence electrons. The summed E-state index contributed by atoms with van der Waals surface area (Å²) in [5.74, 6) is -0.976. The van der Waals surface area contributed by atoms with Crippen molar-refractivity contribution in [3.05, 3.63) is 87.4 Å². The highest BCUT2D eigenvalue weighted by Gasteiger charge is 2.14. The highest BCUT2D eigenvalue weighted by Crippen LogP contribution is 2.36. The van der Waals surface area contributed by atoms with Gasteiger partial charge in [-0.3, -0.25) is 9.59 Å². The molecule has 0 aromatic heterocycles. The molecule has 0 radical (unpaired) electrons. The van der Waals surface area contributed by atoms with Crippen LogP contribution in [0.25, 0.3) is 0 Å². The van der Waals surface area contributed by atoms with Gasteiger partial charge < -0.3 is 14.8 Å². The fraction of sp³-hybridized carbons (Fsp3) is 0.160. The first-order valence-electron chi connectivity index (χ1n) is 10.4. The van der Waals surface area contributed by atoms with E-state index in [0.29, 0.717) is 32.8 Å². The van der Waals surface area contributed by atoms with Gasteiger partial charge in [-0.15, -0.1) is 0 Å². The molecular weight excluding hydrogens is 477 g/mol. The Bertz CT molecular complexity index is 1180. The number of carbonyl (C=O) groups is 2. The standard InChI is InChI=1S/C25H23Cl2N3O4/c1-3-16-6-10-20(11-7-16)29-24(31)25(32)30-28-14-18-12-21(27)23(22(13-18)33-2)34-15-17-4-8-19(26)9-5-17/h4-14H,3,15H2,1-2H3,(H,29,31)(H,30,32)/b28-14-. The van der Waals surface area contributed by atoms with Crippen LogP contribution in [0, 0.1) is 0 Å². The maximum atomic E-state index is 12.1. The third kappa shape index (κ3) is 6.97. The Kier molecular flexibility index (Phi) is 8.90. The van der Waals surface area contributed by atoms with Crippen LogP contribution in [0.2, 0.25) is 10.0 Å². The Morgan fingerprint density at radius 3 is 2.29 bits per heavy atom. The van der Waals surface area contributed by atoms with Crippen molar-refractivity contribution in [2.45, 2.75) is 20.0 Å². The van der Waals surface area contributed by atoms with Crippen molar-refractivity contribution in [2.24, 2.45) is 5.10 Å². The minimum Gasteiger partial charge on any atom is -0.493 e. The van der Waals surface area contributed by atoms with Gasteiger partial charge >= 0.3 is 11.8 Å². The van der Waals surface area contributed by atoms with Gasteiger partial charge in [0.2, 0.25) is 0 Å². The summed E-state index contributed by atoms with van der Waals surface area (Å²) in [6.07, 6.45) is 2.23. The molecule has 34 heavy (non-hydrogen) atoms. The predicted octanol–water partition coefficient (Wildman–Crippen LogP) is 5.23. The van der Waals surface area contributed by atoms with Crippen LogP contribution in [0.15, 0.2) is 65.8 Å². The number of benzene rings is 3. The Morgan fingerprint density at radius 1 is 0.971 bits per heavy atom. The largest absolute Gasteiger partial charge is 0.493 e. The van der Waals surface area contributed by atoms with E-state index in [2.05, 4.69) is 15.8 Å². The van der Waals surface area contributed by atoms with Crippen LogP contribution in [0.5, 0.6) is 11.5 Å². The average molecular weight is 500 g/mol. The van der Waals surface area contributed by atoms with Crippen molar-refractivity contribution in [1.29, 1.82) is 0 Å². The van der Waals surface area contributed by atoms with E-state index >= 15 is 0 Å². The maximum absolute atomic E-state index is 12.1. The molecule has 0 heterocycles. The van der Waals surface area contributed by atoms with Gasteiger partial charge in [0.05, 0.1) is 18.3 Å². The Hall–Kier alpha value is -3.55. The lowest BCUT2D eigenvalue weighted by atomic mass is 10.1. The summed E-state index contributed by atoms with van der Waals surface area (Å²) in [6.45, 7) is 2.30. The number of amides is 2. The SMILES string of the molecule is CCc1ccc(NC(=O)C(=O)N/N=C\c2cc(Cl)c(OCc3ccc(Cl)cc3)c(OC)c2)cc1. The Labute approximate surface area is 207 Å². The minimum absolute atomic E-state index is 0.271. The van der Waals surface area contributed by atoms with Gasteiger partial charge in [0.15, 0.2) is 11.5 Å². The second-order valence-electron chi connectivity index (χ2n) is 7.15. The van der Waals surface area contributed by atoms with Gasteiger partial charge in [-0.25, -0.2) is 5.43 Å². The lowest BCUT2D eigenvalue weighted by molar-refractivity contribution is -0.136. The number of aryl methyl sites for hydroxylation is 1. The van der Waals surface area contributed by atoms with Crippen molar-refractivity contribution in [2.75, 3.05) is 12.4 Å². The highest BCUT2D eigenvalue weighted by atomic mass is 35.5. The topological polar surface area (TPSA) is 89.0 Å². The number of anilines is 1. The molecular formula is C25H23Cl2N3O4. The van der Waals surface area contributed by atoms with E-state index in [1.54, 1.807) is 36.4 Å². The van der Waals surface area contributed by atoms with Gasteiger partial charge in [-0.05, 0) is 59.5 Å². The second-order valence-corrected chi connectivity index (χ2v) is 8.00. The van der Waals surface area contributed by atoms with Crippen molar-refractivity contribution in [3.63, 3.8) is 0 Å². The van der Waals surface area contributed by atoms with Gasteiger partial charge in [0.25, 0.3) is 0 Å². The van der Waals surface area contributed by atoms with Crippen molar-refractivity contribution in [1.82, 2.24) is 5.43 Å². The summed E-state index contributed by atoms with van der Waals surface area (Å²) < 4.78 is 11.2. The third-order valence-electron chi connectivity index (χ3n) is 4.75. The van der Waals surface area contributed by atoms with Gasteiger partial charge in [-0.1, -0.05) is 54.4 Å². The van der Waals surface area contributed by atoms with E-state index in [0.717, 1.165) is 17.5 Å². The molecule has 9 heteroatoms. The molecule has 0 aliphatic carbocycles. The van der Waals surface area contributed by atoms with Crippen LogP contribution in [-0.2, 0) is 22.6 Å². The van der Waals surface area contributed by atoms with Crippen molar-refractivity contribution < 1.29 is 19.1 Å². The monoisotopic (exact) mass is 499 g/mol. The number of nitrogens with zero attached hydrogens (tertiary/aromatic N) is 1. The minimum atomic E-state index is -0.906. The molecule has 2 amide bonds. The lowest BCUT2D eigenvalue weighted by Gasteiger charge is -2.13. The first-order chi connectivity index (χ1) is 16.4. The third-order valence-corrected chi connectivity index (χ3v) is 5.29. The fourth-order valence-electron chi connectivity index (χ4n) is 2.92. The quantitative estimate of drug-likeness (QED) is 0.252. The van der Waals surface area contributed by atoms with Crippen LogP contribution >= 0.6 is 23.2 Å². The summed E-state index contributed by atoms with van der Waals surface area (Å²) in [4.78, 5) is 24.1. The molecule has 2 N–H and O–H groups in total. The number of carbonyl (C=O) groups excluding carboxylic acids is 2. The van der Waals surface area contributed by atoms with Crippen molar-refractivity contribution >= 4 is 46.9 Å². The van der Waals surface area contributed by atoms with E-state index in [1.807, 2.05) is 31.2 Å². The number of hydrazone groups is 1. The molecule has 3 rings (SSSR count). The van der Waals surface area contributed by atoms with Crippen LogP contribution in [0.1, 0.15) is 23.6 Å². The molecule has 0 saturated carbocycles. The first kappa shape index (κ1) is 25.1. The van der Waals surface area contributed by atoms with Gasteiger partial charge in [0.1, 0.15) is 6.61 Å². The zero-order valence-electron chi connectivity index (χ0n) is 18.6. The van der Waals surface area contributed by atoms with Crippen LogP contribution in [0.4, 0.5) is 5.69 Å². The number of hydrogen-bond acceptors (Lipinski definition) is 5. The summed E-state index contributed by atoms with van der Waals surface area (Å²) in [6, 6.07) is 17.7. The van der Waals surface area contributed by atoms with E-state index < -0.39 is 11.8 Å². The van der Waals surface area contributed by atoms with E-state index in [9.17, 15) is 9.59 Å². The highest BCUT2D eigenvalue weighted by molar-refractivity contribution is 6.39. The van der Waals surface area contributed by atoms with E-state index in [-0.39, 0.29) is 6.61 Å². The zero-order valence-corrected chi connectivity index (χ0v) is 20.1. The molecule has 0 unspecified atom stereocenters. The van der Waals surface area contributed by atoms with E-state index in [1.165, 1.54) is 13.3 Å². The van der Waals surface area contributed by atoms with Gasteiger partial charge in [0, 0.05) is 10.7 Å². The Balaban J connectivity index is 1.60. The molecule has 0 fully saturated rings. The smallest absolute Gasteiger partial charge is 0.329 e. The molecule has 3 aromatic carbocycles. The number of rotatable bonds is 8. The molecule has 0 atom stereocenters. The number of hydrogen-bond donors (Lipinski definition) is 2. The lowest BCUT2D eigenvalue weighted by Crippen LogP contribution is -2.32. The zero-order chi connectivity index (χ0) is 24.5. The summed E-state index contributed by atoms with van der Waals surface area (Å²) in [7, 11) is 1.49. The average Bonchev–Trinajstić information content (AvgIpc) is 2.84. The summed E-state index contributed by atoms with van der Waals surface area (Å²) >= 11 is 12.3. The molecule has 0 aliphatic heterocycles. The van der Waals surface area contributed by atoms with Crippen LogP contribution < -0.4 is 20.2 Å². The first-order valence-corrected chi connectivity index (χ1v) is 11.1. The normalized spacial score (nSPS) is 10.7. The number of ether oxygens (including phenoxy) is 2. The van der Waals surface area contributed by atoms with Crippen LogP contribution in [-0.4, -0.2) is 25.1 Å². The molecule has 0 aliphatic rings. The number of nitrogens with one attached hydrogen (secondary N) is 2. The maximum Gasteiger partial charge on any atom is 0.329 e. The Morgan fingerprint density at radius 2 is 1.65 bits per heavy atom. The molecule has 7 nitrogen and oxygen atoms in total. The van der Waals surface area contributed by atoms with Crippen LogP contribution in [0.3, 0.4) is 0 Å². The summed E-state index contributed by atoms with van der Waals surface area (Å²) in [5, 5.41) is 7.28. The van der Waals surface area contributed by atoms with Crippen molar-refractivity contribution in [3.8, 4) is 11.5 Å². The number of halogens is 2. The molecule has 0 spiro atoms. The van der Waals surface area contributed by atoms with E-state index in [4.69, 9.17) is 32.7 Å². The molecule has 0 bridgehead atoms. The van der Waals surface area contributed by atoms with Gasteiger partial charge in [-0.2, -0.15) is 5.10 Å². The predicted molar refractivity (Wildman–Crippen MR) is 134 cm³/mol. The fourth-order valence-corrected chi connectivity index (χ4v) is 3.32. The second kappa shape index (κ2) is 12.1. The molecule has 3 aromatic rings. The molecule has 0 saturated heterocycles. The number of methoxy groups -OCH3 is 1. The summed E-state index contributed by atoms with van der Waals surface area (Å²) in [5.41, 5.74) is 5.29.